The van der Waals surface area contributed by atoms with Gasteiger partial charge in [0.05, 0.1) is 21.4 Å². The van der Waals surface area contributed by atoms with Crippen molar-refractivity contribution in [3.63, 3.8) is 0 Å². The van der Waals surface area contributed by atoms with Crippen molar-refractivity contribution in [2.75, 3.05) is 22.9 Å². The van der Waals surface area contributed by atoms with Crippen LogP contribution in [0, 0.1) is 5.82 Å². The topological polar surface area (TPSA) is 69.7 Å². The Labute approximate surface area is 188 Å². The third-order valence-electron chi connectivity index (χ3n) is 5.25. The summed E-state index contributed by atoms with van der Waals surface area (Å²) in [4.78, 5) is 40.4. The Morgan fingerprint density at radius 3 is 2.42 bits per heavy atom. The van der Waals surface area contributed by atoms with Crippen LogP contribution in [0.4, 0.5) is 20.6 Å². The fourth-order valence-electron chi connectivity index (χ4n) is 3.71. The van der Waals surface area contributed by atoms with Gasteiger partial charge in [-0.2, -0.15) is 0 Å². The zero-order chi connectivity index (χ0) is 22.1. The summed E-state index contributed by atoms with van der Waals surface area (Å²) in [5.74, 6) is -2.19. The molecule has 160 valence electrons. The lowest BCUT2D eigenvalue weighted by atomic mass is 10.0. The largest absolute Gasteiger partial charge is 0.369 e. The van der Waals surface area contributed by atoms with E-state index in [1.165, 1.54) is 30.3 Å². The van der Waals surface area contributed by atoms with Crippen LogP contribution >= 0.6 is 23.2 Å². The van der Waals surface area contributed by atoms with E-state index in [0.717, 1.165) is 37.3 Å². The van der Waals surface area contributed by atoms with Gasteiger partial charge in [-0.15, -0.1) is 0 Å². The maximum atomic E-state index is 14.7. The lowest BCUT2D eigenvalue weighted by Gasteiger charge is -2.29. The highest BCUT2D eigenvalue weighted by molar-refractivity contribution is 6.46. The molecule has 1 N–H and O–H groups in total. The first-order valence-electron chi connectivity index (χ1n) is 9.77. The molecule has 0 unspecified atom stereocenters. The van der Waals surface area contributed by atoms with Gasteiger partial charge >= 0.3 is 6.03 Å². The molecule has 2 aliphatic rings. The summed E-state index contributed by atoms with van der Waals surface area (Å²) < 4.78 is 14.7. The Hall–Kier alpha value is -2.90. The Kier molecular flexibility index (Phi) is 5.98. The van der Waals surface area contributed by atoms with Crippen molar-refractivity contribution in [2.24, 2.45) is 0 Å². The monoisotopic (exact) mass is 461 g/mol. The molecule has 2 saturated heterocycles. The first kappa shape index (κ1) is 21.3. The third kappa shape index (κ3) is 4.16. The van der Waals surface area contributed by atoms with E-state index >= 15 is 0 Å². The van der Waals surface area contributed by atoms with Gasteiger partial charge in [-0.3, -0.25) is 14.9 Å². The number of urea groups is 1. The number of hydrogen-bond donors (Lipinski definition) is 1. The number of carbonyl (C=O) groups excluding carboxylic acids is 3. The molecule has 9 heteroatoms. The summed E-state index contributed by atoms with van der Waals surface area (Å²) in [7, 11) is 0. The van der Waals surface area contributed by atoms with Gasteiger partial charge in [0.25, 0.3) is 11.8 Å². The fraction of sp³-hybridized carbons (Fsp3) is 0.227. The van der Waals surface area contributed by atoms with Gasteiger partial charge in [0.2, 0.25) is 0 Å². The number of benzene rings is 2. The van der Waals surface area contributed by atoms with E-state index in [1.807, 2.05) is 4.90 Å². The zero-order valence-electron chi connectivity index (χ0n) is 16.3. The quantitative estimate of drug-likeness (QED) is 0.526. The van der Waals surface area contributed by atoms with Crippen LogP contribution in [0.25, 0.3) is 6.08 Å². The molecule has 2 aliphatic heterocycles. The Morgan fingerprint density at radius 1 is 0.968 bits per heavy atom. The number of anilines is 2. The normalized spacial score (nSPS) is 18.5. The number of carbonyl (C=O) groups is 3. The number of hydrogen-bond acceptors (Lipinski definition) is 4. The highest BCUT2D eigenvalue weighted by Gasteiger charge is 2.38. The SMILES string of the molecule is O=C1NC(=O)N(c2cccc(Cl)c2Cl)C(=O)/C1=C/c1ccc(N2CCCCC2)c(F)c1. The molecule has 0 saturated carbocycles. The fourth-order valence-corrected chi connectivity index (χ4v) is 4.09. The van der Waals surface area contributed by atoms with E-state index in [0.29, 0.717) is 11.3 Å². The lowest BCUT2D eigenvalue weighted by molar-refractivity contribution is -0.122. The van der Waals surface area contributed by atoms with Crippen molar-refractivity contribution in [1.82, 2.24) is 5.32 Å². The summed E-state index contributed by atoms with van der Waals surface area (Å²) in [6, 6.07) is 8.06. The highest BCUT2D eigenvalue weighted by Crippen LogP contribution is 2.34. The van der Waals surface area contributed by atoms with Crippen LogP contribution in [0.5, 0.6) is 0 Å². The van der Waals surface area contributed by atoms with E-state index < -0.39 is 23.7 Å². The predicted molar refractivity (Wildman–Crippen MR) is 118 cm³/mol. The Bertz CT molecular complexity index is 1110. The van der Waals surface area contributed by atoms with Crippen LogP contribution < -0.4 is 15.1 Å². The van der Waals surface area contributed by atoms with E-state index in [9.17, 15) is 18.8 Å². The van der Waals surface area contributed by atoms with Gasteiger partial charge in [-0.05, 0) is 55.2 Å². The third-order valence-corrected chi connectivity index (χ3v) is 6.06. The summed E-state index contributed by atoms with van der Waals surface area (Å²) >= 11 is 12.1. The average molecular weight is 462 g/mol. The highest BCUT2D eigenvalue weighted by atomic mass is 35.5. The zero-order valence-corrected chi connectivity index (χ0v) is 17.8. The second-order valence-electron chi connectivity index (χ2n) is 7.29. The smallest absolute Gasteiger partial charge is 0.336 e. The number of piperidine rings is 1. The minimum Gasteiger partial charge on any atom is -0.369 e. The van der Waals surface area contributed by atoms with E-state index in [2.05, 4.69) is 5.32 Å². The molecule has 2 aromatic rings. The molecule has 4 amide bonds. The van der Waals surface area contributed by atoms with Crippen LogP contribution in [-0.2, 0) is 9.59 Å². The molecular weight excluding hydrogens is 444 g/mol. The Morgan fingerprint density at radius 2 is 1.71 bits per heavy atom. The molecule has 4 rings (SSSR count). The van der Waals surface area contributed by atoms with Gasteiger partial charge in [0.15, 0.2) is 0 Å². The number of amides is 4. The molecule has 0 spiro atoms. The first-order valence-corrected chi connectivity index (χ1v) is 10.5. The van der Waals surface area contributed by atoms with Crippen LogP contribution in [0.3, 0.4) is 0 Å². The van der Waals surface area contributed by atoms with Crippen LogP contribution in [0.15, 0.2) is 42.0 Å². The molecule has 31 heavy (non-hydrogen) atoms. The summed E-state index contributed by atoms with van der Waals surface area (Å²) in [6.45, 7) is 1.57. The molecule has 0 atom stereocenters. The number of rotatable bonds is 3. The summed E-state index contributed by atoms with van der Waals surface area (Å²) in [5, 5.41) is 2.26. The molecule has 0 bridgehead atoms. The van der Waals surface area contributed by atoms with E-state index in [1.54, 1.807) is 12.1 Å². The standard InChI is InChI=1S/C22H18Cl2FN3O3/c23-15-5-4-6-18(19(15)24)28-21(30)14(20(29)26-22(28)31)11-13-7-8-17(16(25)12-13)27-9-2-1-3-10-27/h4-8,11-12H,1-3,9-10H2,(H,26,29,31)/b14-11+. The maximum absolute atomic E-state index is 14.7. The summed E-state index contributed by atoms with van der Waals surface area (Å²) in [6.07, 6.45) is 4.40. The van der Waals surface area contributed by atoms with Gasteiger partial charge in [0, 0.05) is 13.1 Å². The first-order chi connectivity index (χ1) is 14.9. The van der Waals surface area contributed by atoms with E-state index in [-0.39, 0.29) is 21.3 Å². The van der Waals surface area contributed by atoms with Crippen molar-refractivity contribution in [3.05, 3.63) is 63.4 Å². The molecule has 2 fully saturated rings. The van der Waals surface area contributed by atoms with Gasteiger partial charge in [-0.25, -0.2) is 14.1 Å². The molecule has 0 aromatic heterocycles. The van der Waals surface area contributed by atoms with Crippen molar-refractivity contribution < 1.29 is 18.8 Å². The van der Waals surface area contributed by atoms with Crippen molar-refractivity contribution in [3.8, 4) is 0 Å². The number of halogens is 3. The Balaban J connectivity index is 1.67. The van der Waals surface area contributed by atoms with Gasteiger partial charge in [-0.1, -0.05) is 35.3 Å². The maximum Gasteiger partial charge on any atom is 0.336 e. The molecule has 2 aromatic carbocycles. The van der Waals surface area contributed by atoms with Gasteiger partial charge in [0.1, 0.15) is 11.4 Å². The summed E-state index contributed by atoms with van der Waals surface area (Å²) in [5.41, 5.74) is 0.537. The van der Waals surface area contributed by atoms with Crippen molar-refractivity contribution in [2.45, 2.75) is 19.3 Å². The van der Waals surface area contributed by atoms with Crippen LogP contribution in [-0.4, -0.2) is 30.9 Å². The number of nitrogens with zero attached hydrogens (tertiary/aromatic N) is 2. The van der Waals surface area contributed by atoms with Crippen molar-refractivity contribution >= 4 is 58.5 Å². The van der Waals surface area contributed by atoms with Crippen LogP contribution in [0.1, 0.15) is 24.8 Å². The predicted octanol–water partition coefficient (Wildman–Crippen LogP) is 4.79. The second-order valence-corrected chi connectivity index (χ2v) is 8.07. The number of imide groups is 2. The molecule has 2 heterocycles. The van der Waals surface area contributed by atoms with Crippen molar-refractivity contribution in [1.29, 1.82) is 0 Å². The average Bonchev–Trinajstić information content (AvgIpc) is 2.75. The minimum atomic E-state index is -0.942. The van der Waals surface area contributed by atoms with E-state index in [4.69, 9.17) is 23.2 Å². The molecular formula is C22H18Cl2FN3O3. The minimum absolute atomic E-state index is 0.00158. The van der Waals surface area contributed by atoms with Gasteiger partial charge < -0.3 is 4.90 Å². The molecule has 0 radical (unpaired) electrons. The molecule has 0 aliphatic carbocycles. The number of barbiturate groups is 1. The second kappa shape index (κ2) is 8.69. The lowest BCUT2D eigenvalue weighted by Crippen LogP contribution is -2.54. The number of nitrogens with one attached hydrogen (secondary N) is 1. The van der Waals surface area contributed by atoms with Crippen LogP contribution in [0.2, 0.25) is 10.0 Å². The molecule has 6 nitrogen and oxygen atoms in total.